The molecule has 19 heavy (non-hydrogen) atoms. The molecule has 0 saturated carbocycles. The van der Waals surface area contributed by atoms with Crippen molar-refractivity contribution in [3.05, 3.63) is 67.9 Å². The normalized spacial score (nSPS) is 10.6. The maximum Gasteiger partial charge on any atom is 0.196 e. The summed E-state index contributed by atoms with van der Waals surface area (Å²) in [4.78, 5) is 12.3. The Kier molecular flexibility index (Phi) is 4.07. The zero-order valence-electron chi connectivity index (χ0n) is 10.4. The first kappa shape index (κ1) is 14.2. The molecule has 1 nitrogen and oxygen atoms in total. The molecule has 0 aliphatic rings. The summed E-state index contributed by atoms with van der Waals surface area (Å²) in [5.74, 6) is -0.945. The van der Waals surface area contributed by atoms with Gasteiger partial charge < -0.3 is 0 Å². The van der Waals surface area contributed by atoms with E-state index >= 15 is 0 Å². The number of carbonyl (C=O) groups is 1. The van der Waals surface area contributed by atoms with Crippen LogP contribution < -0.4 is 0 Å². The van der Waals surface area contributed by atoms with E-state index in [4.69, 9.17) is 11.6 Å². The summed E-state index contributed by atoms with van der Waals surface area (Å²) < 4.78 is 14.3. The monoisotopic (exact) mass is 340 g/mol. The van der Waals surface area contributed by atoms with E-state index < -0.39 is 5.82 Å². The van der Waals surface area contributed by atoms with Crippen LogP contribution >= 0.6 is 27.5 Å². The molecule has 0 amide bonds. The second-order valence-electron chi connectivity index (χ2n) is 4.45. The smallest absolute Gasteiger partial charge is 0.196 e. The summed E-state index contributed by atoms with van der Waals surface area (Å²) in [5, 5.41) is 0.314. The van der Waals surface area contributed by atoms with E-state index in [0.717, 1.165) is 11.1 Å². The minimum atomic E-state index is -0.583. The predicted molar refractivity (Wildman–Crippen MR) is 78.5 cm³/mol. The highest BCUT2D eigenvalue weighted by atomic mass is 79.9. The van der Waals surface area contributed by atoms with Gasteiger partial charge in [-0.2, -0.15) is 0 Å². The van der Waals surface area contributed by atoms with Crippen LogP contribution in [0.4, 0.5) is 4.39 Å². The standard InChI is InChI=1S/C15H11BrClFO/c1-8-3-9(2)5-10(4-8)15(19)11-6-13(17)12(16)7-14(11)18/h3-7H,1-2H3. The summed E-state index contributed by atoms with van der Waals surface area (Å²) in [6, 6.07) is 8.00. The van der Waals surface area contributed by atoms with E-state index in [2.05, 4.69) is 15.9 Å². The summed E-state index contributed by atoms with van der Waals surface area (Å²) in [6.45, 7) is 3.80. The van der Waals surface area contributed by atoms with Gasteiger partial charge in [-0.3, -0.25) is 4.79 Å². The Morgan fingerprint density at radius 2 is 1.68 bits per heavy atom. The molecule has 0 aliphatic carbocycles. The number of benzene rings is 2. The fraction of sp³-hybridized carbons (Fsp3) is 0.133. The van der Waals surface area contributed by atoms with Crippen molar-refractivity contribution in [2.45, 2.75) is 13.8 Å². The first-order valence-electron chi connectivity index (χ1n) is 5.66. The van der Waals surface area contributed by atoms with Crippen molar-refractivity contribution >= 4 is 33.3 Å². The van der Waals surface area contributed by atoms with Gasteiger partial charge in [0.25, 0.3) is 0 Å². The van der Waals surface area contributed by atoms with Gasteiger partial charge in [-0.15, -0.1) is 0 Å². The van der Waals surface area contributed by atoms with Crippen LogP contribution in [-0.2, 0) is 0 Å². The topological polar surface area (TPSA) is 17.1 Å². The minimum Gasteiger partial charge on any atom is -0.288 e. The predicted octanol–water partition coefficient (Wildman–Crippen LogP) is 5.09. The lowest BCUT2D eigenvalue weighted by Gasteiger charge is -2.07. The van der Waals surface area contributed by atoms with Gasteiger partial charge in [-0.25, -0.2) is 4.39 Å². The number of ketones is 1. The second kappa shape index (κ2) is 5.43. The highest BCUT2D eigenvalue weighted by molar-refractivity contribution is 9.10. The van der Waals surface area contributed by atoms with Gasteiger partial charge >= 0.3 is 0 Å². The van der Waals surface area contributed by atoms with E-state index in [-0.39, 0.29) is 11.3 Å². The Balaban J connectivity index is 2.53. The lowest BCUT2D eigenvalue weighted by atomic mass is 9.99. The fourth-order valence-corrected chi connectivity index (χ4v) is 2.44. The van der Waals surface area contributed by atoms with Crippen LogP contribution in [0, 0.1) is 19.7 Å². The quantitative estimate of drug-likeness (QED) is 0.549. The highest BCUT2D eigenvalue weighted by Gasteiger charge is 2.16. The van der Waals surface area contributed by atoms with Crippen LogP contribution in [0.2, 0.25) is 5.02 Å². The molecule has 0 spiro atoms. The molecule has 0 fully saturated rings. The van der Waals surface area contributed by atoms with Gasteiger partial charge in [0.05, 0.1) is 10.6 Å². The maximum absolute atomic E-state index is 13.9. The molecule has 0 bridgehead atoms. The Hall–Kier alpha value is -1.19. The molecule has 0 N–H and O–H groups in total. The van der Waals surface area contributed by atoms with Crippen molar-refractivity contribution in [1.82, 2.24) is 0 Å². The summed E-state index contributed by atoms with van der Waals surface area (Å²) in [7, 11) is 0. The third kappa shape index (κ3) is 3.04. The van der Waals surface area contributed by atoms with Crippen LogP contribution in [-0.4, -0.2) is 5.78 Å². The number of aryl methyl sites for hydroxylation is 2. The van der Waals surface area contributed by atoms with Crippen molar-refractivity contribution in [2.24, 2.45) is 0 Å². The van der Waals surface area contributed by atoms with E-state index in [1.54, 1.807) is 12.1 Å². The van der Waals surface area contributed by atoms with Gasteiger partial charge in [-0.1, -0.05) is 28.8 Å². The number of rotatable bonds is 2. The van der Waals surface area contributed by atoms with Gasteiger partial charge in [0.1, 0.15) is 5.82 Å². The Labute approximate surface area is 124 Å². The van der Waals surface area contributed by atoms with Crippen LogP contribution in [0.15, 0.2) is 34.8 Å². The Morgan fingerprint density at radius 1 is 1.11 bits per heavy atom. The SMILES string of the molecule is Cc1cc(C)cc(C(=O)c2cc(Cl)c(Br)cc2F)c1. The third-order valence-corrected chi connectivity index (χ3v) is 3.94. The second-order valence-corrected chi connectivity index (χ2v) is 5.71. The number of hydrogen-bond acceptors (Lipinski definition) is 1. The van der Waals surface area contributed by atoms with Gasteiger partial charge in [0, 0.05) is 10.0 Å². The molecule has 0 atom stereocenters. The first-order chi connectivity index (χ1) is 8.88. The Bertz CT molecular complexity index is 647. The Morgan fingerprint density at radius 3 is 2.26 bits per heavy atom. The number of halogens is 3. The lowest BCUT2D eigenvalue weighted by molar-refractivity contribution is 0.103. The molecule has 0 radical (unpaired) electrons. The minimum absolute atomic E-state index is 0.0156. The summed E-state index contributed by atoms with van der Waals surface area (Å²) in [6.07, 6.45) is 0. The van der Waals surface area contributed by atoms with Gasteiger partial charge in [0.2, 0.25) is 0 Å². The van der Waals surface area contributed by atoms with Crippen molar-refractivity contribution in [2.75, 3.05) is 0 Å². The maximum atomic E-state index is 13.9. The zero-order valence-corrected chi connectivity index (χ0v) is 12.8. The molecule has 2 rings (SSSR count). The highest BCUT2D eigenvalue weighted by Crippen LogP contribution is 2.27. The lowest BCUT2D eigenvalue weighted by Crippen LogP contribution is -2.05. The van der Waals surface area contributed by atoms with Crippen LogP contribution in [0.25, 0.3) is 0 Å². The van der Waals surface area contributed by atoms with E-state index in [0.29, 0.717) is 15.1 Å². The number of hydrogen-bond donors (Lipinski definition) is 0. The number of carbonyl (C=O) groups excluding carboxylic acids is 1. The first-order valence-corrected chi connectivity index (χ1v) is 6.83. The molecule has 4 heteroatoms. The van der Waals surface area contributed by atoms with Crippen LogP contribution in [0.5, 0.6) is 0 Å². The molecule has 0 saturated heterocycles. The average molecular weight is 342 g/mol. The largest absolute Gasteiger partial charge is 0.288 e. The third-order valence-electron chi connectivity index (χ3n) is 2.74. The van der Waals surface area contributed by atoms with E-state index in [9.17, 15) is 9.18 Å². The van der Waals surface area contributed by atoms with Crippen LogP contribution in [0.3, 0.4) is 0 Å². The average Bonchev–Trinajstić information content (AvgIpc) is 2.31. The van der Waals surface area contributed by atoms with Crippen LogP contribution in [0.1, 0.15) is 27.0 Å². The molecular formula is C15H11BrClFO. The molecule has 2 aromatic rings. The molecule has 2 aromatic carbocycles. The molecule has 0 unspecified atom stereocenters. The van der Waals surface area contributed by atoms with Crippen molar-refractivity contribution in [3.8, 4) is 0 Å². The summed E-state index contributed by atoms with van der Waals surface area (Å²) in [5.41, 5.74) is 2.38. The molecule has 0 aromatic heterocycles. The van der Waals surface area contributed by atoms with Crippen molar-refractivity contribution in [1.29, 1.82) is 0 Å². The fourth-order valence-electron chi connectivity index (χ4n) is 1.96. The zero-order chi connectivity index (χ0) is 14.2. The molecule has 0 heterocycles. The molecule has 98 valence electrons. The summed E-state index contributed by atoms with van der Waals surface area (Å²) >= 11 is 9.04. The van der Waals surface area contributed by atoms with Crippen molar-refractivity contribution < 1.29 is 9.18 Å². The van der Waals surface area contributed by atoms with Gasteiger partial charge in [-0.05, 0) is 54.0 Å². The molecular weight excluding hydrogens is 331 g/mol. The van der Waals surface area contributed by atoms with E-state index in [1.165, 1.54) is 12.1 Å². The van der Waals surface area contributed by atoms with Crippen molar-refractivity contribution in [3.63, 3.8) is 0 Å². The molecule has 0 aliphatic heterocycles. The van der Waals surface area contributed by atoms with Gasteiger partial charge in [0.15, 0.2) is 5.78 Å². The van der Waals surface area contributed by atoms with E-state index in [1.807, 2.05) is 19.9 Å².